The number of thiazole rings is 1. The molecule has 0 aliphatic heterocycles. The van der Waals surface area contributed by atoms with Gasteiger partial charge in [-0.05, 0) is 45.6 Å². The Bertz CT molecular complexity index is 490. The Morgan fingerprint density at radius 3 is 2.68 bits per heavy atom. The molecule has 0 aliphatic rings. The van der Waals surface area contributed by atoms with Gasteiger partial charge in [0.05, 0.1) is 5.69 Å². The first-order valence-corrected chi connectivity index (χ1v) is 7.89. The largest absolute Gasteiger partial charge is 0.312 e. The van der Waals surface area contributed by atoms with Crippen molar-refractivity contribution in [1.29, 1.82) is 0 Å². The first kappa shape index (κ1) is 14.5. The van der Waals surface area contributed by atoms with Gasteiger partial charge in [0.25, 0.3) is 0 Å². The molecule has 3 nitrogen and oxygen atoms in total. The topological polar surface area (TPSA) is 29.3 Å². The number of nitrogens with zero attached hydrogens (tertiary/aromatic N) is 2. The monoisotopic (exact) mass is 279 g/mol. The van der Waals surface area contributed by atoms with Gasteiger partial charge in [-0.2, -0.15) is 0 Å². The normalized spacial score (nSPS) is 14.4. The van der Waals surface area contributed by atoms with Crippen LogP contribution in [0.25, 0.3) is 4.96 Å². The van der Waals surface area contributed by atoms with E-state index in [1.54, 1.807) is 11.3 Å². The van der Waals surface area contributed by atoms with Gasteiger partial charge in [0, 0.05) is 23.3 Å². The van der Waals surface area contributed by atoms with E-state index in [0.717, 1.165) is 17.9 Å². The quantitative estimate of drug-likeness (QED) is 0.906. The molecule has 1 N–H and O–H groups in total. The predicted octanol–water partition coefficient (Wildman–Crippen LogP) is 3.60. The van der Waals surface area contributed by atoms with Crippen molar-refractivity contribution in [1.82, 2.24) is 14.7 Å². The molecule has 2 rings (SSSR count). The molecule has 1 unspecified atom stereocenters. The fourth-order valence-corrected chi connectivity index (χ4v) is 2.84. The van der Waals surface area contributed by atoms with Crippen LogP contribution in [0.1, 0.15) is 40.3 Å². The molecule has 1 atom stereocenters. The van der Waals surface area contributed by atoms with E-state index >= 15 is 0 Å². The minimum atomic E-state index is 0.182. The zero-order chi connectivity index (χ0) is 14.0. The van der Waals surface area contributed by atoms with E-state index in [-0.39, 0.29) is 5.54 Å². The minimum Gasteiger partial charge on any atom is -0.312 e. The molecule has 0 bridgehead atoms. The van der Waals surface area contributed by atoms with Crippen LogP contribution >= 0.6 is 11.3 Å². The highest BCUT2D eigenvalue weighted by Crippen LogP contribution is 2.19. The number of rotatable bonds is 5. The lowest BCUT2D eigenvalue weighted by Crippen LogP contribution is -2.40. The lowest BCUT2D eigenvalue weighted by molar-refractivity contribution is 0.311. The smallest absolute Gasteiger partial charge is 0.193 e. The predicted molar refractivity (Wildman–Crippen MR) is 82.9 cm³/mol. The van der Waals surface area contributed by atoms with Gasteiger partial charge in [-0.15, -0.1) is 11.3 Å². The molecule has 2 heterocycles. The Labute approximate surface area is 120 Å². The Morgan fingerprint density at radius 1 is 1.37 bits per heavy atom. The molecule has 0 spiro atoms. The van der Waals surface area contributed by atoms with Crippen LogP contribution in [0.2, 0.25) is 0 Å². The number of aromatic nitrogens is 2. The second kappa shape index (κ2) is 5.63. The first-order valence-electron chi connectivity index (χ1n) is 7.01. The zero-order valence-electron chi connectivity index (χ0n) is 12.6. The average Bonchev–Trinajstić information content (AvgIpc) is 2.82. The van der Waals surface area contributed by atoms with E-state index in [9.17, 15) is 0 Å². The third-order valence-corrected chi connectivity index (χ3v) is 4.22. The highest BCUT2D eigenvalue weighted by atomic mass is 32.1. The Morgan fingerprint density at radius 2 is 2.11 bits per heavy atom. The summed E-state index contributed by atoms with van der Waals surface area (Å²) < 4.78 is 2.12. The van der Waals surface area contributed by atoms with E-state index in [1.807, 2.05) is 0 Å². The molecule has 0 aliphatic carbocycles. The van der Waals surface area contributed by atoms with Gasteiger partial charge in [0.1, 0.15) is 0 Å². The fraction of sp³-hybridized carbons (Fsp3) is 0.667. The molecule has 106 valence electrons. The van der Waals surface area contributed by atoms with Gasteiger partial charge < -0.3 is 5.32 Å². The van der Waals surface area contributed by atoms with Crippen LogP contribution < -0.4 is 5.32 Å². The van der Waals surface area contributed by atoms with E-state index in [0.29, 0.717) is 11.8 Å². The molecule has 0 saturated heterocycles. The van der Waals surface area contributed by atoms with Gasteiger partial charge in [0.2, 0.25) is 0 Å². The van der Waals surface area contributed by atoms with Crippen LogP contribution in [0, 0.1) is 11.8 Å². The van der Waals surface area contributed by atoms with Crippen LogP contribution in [0.5, 0.6) is 0 Å². The van der Waals surface area contributed by atoms with Crippen molar-refractivity contribution >= 4 is 16.3 Å². The van der Waals surface area contributed by atoms with Crippen molar-refractivity contribution < 1.29 is 0 Å². The summed E-state index contributed by atoms with van der Waals surface area (Å²) in [5.41, 5.74) is 1.39. The second-order valence-electron chi connectivity index (χ2n) is 6.66. The van der Waals surface area contributed by atoms with Crippen LogP contribution in [0.4, 0.5) is 0 Å². The summed E-state index contributed by atoms with van der Waals surface area (Å²) in [6.07, 6.45) is 5.29. The SMILES string of the molecule is CC(C)C(CNC(C)(C)C)Cc1cn2ccsc2n1. The third kappa shape index (κ3) is 4.05. The van der Waals surface area contributed by atoms with Gasteiger partial charge >= 0.3 is 0 Å². The van der Waals surface area contributed by atoms with Crippen LogP contribution in [0.3, 0.4) is 0 Å². The maximum absolute atomic E-state index is 4.69. The fourth-order valence-electron chi connectivity index (χ4n) is 2.12. The maximum Gasteiger partial charge on any atom is 0.193 e. The number of fused-ring (bicyclic) bond motifs is 1. The molecular formula is C15H25N3S. The molecule has 0 amide bonds. The van der Waals surface area contributed by atoms with E-state index in [4.69, 9.17) is 4.98 Å². The minimum absolute atomic E-state index is 0.182. The molecule has 0 saturated carbocycles. The van der Waals surface area contributed by atoms with Crippen molar-refractivity contribution in [3.63, 3.8) is 0 Å². The number of hydrogen-bond donors (Lipinski definition) is 1. The molecule has 19 heavy (non-hydrogen) atoms. The van der Waals surface area contributed by atoms with E-state index in [2.05, 4.69) is 62.1 Å². The Kier molecular flexibility index (Phi) is 4.31. The molecule has 2 aromatic rings. The summed E-state index contributed by atoms with van der Waals surface area (Å²) in [6.45, 7) is 12.3. The molecule has 2 aromatic heterocycles. The van der Waals surface area contributed by atoms with Crippen molar-refractivity contribution in [2.45, 2.75) is 46.6 Å². The van der Waals surface area contributed by atoms with Gasteiger partial charge in [0.15, 0.2) is 4.96 Å². The lowest BCUT2D eigenvalue weighted by atomic mass is 9.90. The maximum atomic E-state index is 4.69. The summed E-state index contributed by atoms with van der Waals surface area (Å²) in [6, 6.07) is 0. The molecular weight excluding hydrogens is 254 g/mol. The number of nitrogens with one attached hydrogen (secondary N) is 1. The van der Waals surface area contributed by atoms with E-state index in [1.165, 1.54) is 5.69 Å². The Hall–Kier alpha value is -0.870. The summed E-state index contributed by atoms with van der Waals surface area (Å²) >= 11 is 1.70. The first-order chi connectivity index (χ1) is 8.85. The highest BCUT2D eigenvalue weighted by molar-refractivity contribution is 7.15. The van der Waals surface area contributed by atoms with Gasteiger partial charge in [-0.25, -0.2) is 4.98 Å². The molecule has 4 heteroatoms. The van der Waals surface area contributed by atoms with Gasteiger partial charge in [-0.1, -0.05) is 13.8 Å². The molecule has 0 aromatic carbocycles. The van der Waals surface area contributed by atoms with Crippen molar-refractivity contribution in [3.05, 3.63) is 23.5 Å². The molecule has 0 fully saturated rings. The highest BCUT2D eigenvalue weighted by Gasteiger charge is 2.19. The summed E-state index contributed by atoms with van der Waals surface area (Å²) in [4.78, 5) is 5.79. The summed E-state index contributed by atoms with van der Waals surface area (Å²) in [5, 5.41) is 5.70. The molecule has 0 radical (unpaired) electrons. The van der Waals surface area contributed by atoms with Crippen LogP contribution in [-0.2, 0) is 6.42 Å². The summed E-state index contributed by atoms with van der Waals surface area (Å²) in [5.74, 6) is 1.29. The van der Waals surface area contributed by atoms with Gasteiger partial charge in [-0.3, -0.25) is 4.40 Å². The summed E-state index contributed by atoms with van der Waals surface area (Å²) in [7, 11) is 0. The number of hydrogen-bond acceptors (Lipinski definition) is 3. The van der Waals surface area contributed by atoms with E-state index < -0.39 is 0 Å². The standard InChI is InChI=1S/C15H25N3S/c1-11(2)12(9-16-15(3,4)5)8-13-10-18-6-7-19-14(18)17-13/h6-7,10-12,16H,8-9H2,1-5H3. The second-order valence-corrected chi connectivity index (χ2v) is 7.54. The van der Waals surface area contributed by atoms with Crippen LogP contribution in [0.15, 0.2) is 17.8 Å². The van der Waals surface area contributed by atoms with Crippen molar-refractivity contribution in [3.8, 4) is 0 Å². The number of imidazole rings is 1. The van der Waals surface area contributed by atoms with Crippen molar-refractivity contribution in [2.75, 3.05) is 6.54 Å². The van der Waals surface area contributed by atoms with Crippen molar-refractivity contribution in [2.24, 2.45) is 11.8 Å². The Balaban J connectivity index is 2.02. The third-order valence-electron chi connectivity index (χ3n) is 3.45. The van der Waals surface area contributed by atoms with Crippen LogP contribution in [-0.4, -0.2) is 21.5 Å². The zero-order valence-corrected chi connectivity index (χ0v) is 13.4. The average molecular weight is 279 g/mol. The lowest BCUT2D eigenvalue weighted by Gasteiger charge is -2.27.